The predicted molar refractivity (Wildman–Crippen MR) is 137 cm³/mol. The number of aliphatic carboxylic acids is 1. The van der Waals surface area contributed by atoms with Crippen molar-refractivity contribution in [3.05, 3.63) is 83.7 Å². The molecule has 1 aliphatic rings. The standard InChI is InChI=1S/C28H22FNO5S/c29-19-6-10-22(18(14-19)16-30-13-1-2-25(30)32)28-27(23-11-7-20(31)15-24(23)36-28)35-21-8-3-17(4-9-21)5-12-26(33)34/h3-12,14-15,31H,1-2,13,16H2,(H,33,34)/b12-5+. The molecule has 0 saturated carbocycles. The minimum absolute atomic E-state index is 0.0555. The molecule has 0 atom stereocenters. The summed E-state index contributed by atoms with van der Waals surface area (Å²) in [4.78, 5) is 25.5. The summed E-state index contributed by atoms with van der Waals surface area (Å²) in [7, 11) is 0. The van der Waals surface area contributed by atoms with Crippen LogP contribution in [0.25, 0.3) is 26.6 Å². The number of nitrogens with zero attached hydrogens (tertiary/aromatic N) is 1. The van der Waals surface area contributed by atoms with Crippen LogP contribution in [0.2, 0.25) is 0 Å². The Morgan fingerprint density at radius 2 is 1.92 bits per heavy atom. The molecule has 4 aromatic rings. The zero-order chi connectivity index (χ0) is 25.2. The van der Waals surface area contributed by atoms with Gasteiger partial charge in [0, 0.05) is 41.2 Å². The molecule has 3 aromatic carbocycles. The topological polar surface area (TPSA) is 87.1 Å². The summed E-state index contributed by atoms with van der Waals surface area (Å²) in [5.74, 6) is -0.136. The van der Waals surface area contributed by atoms with Crippen molar-refractivity contribution >= 4 is 39.4 Å². The highest BCUT2D eigenvalue weighted by Crippen LogP contribution is 2.48. The molecule has 5 rings (SSSR count). The molecular weight excluding hydrogens is 481 g/mol. The Morgan fingerprint density at radius 1 is 1.11 bits per heavy atom. The van der Waals surface area contributed by atoms with E-state index in [0.29, 0.717) is 42.1 Å². The number of hydrogen-bond acceptors (Lipinski definition) is 5. The van der Waals surface area contributed by atoms with Gasteiger partial charge in [0.25, 0.3) is 0 Å². The van der Waals surface area contributed by atoms with E-state index >= 15 is 0 Å². The summed E-state index contributed by atoms with van der Waals surface area (Å²) in [6, 6.07) is 16.5. The molecule has 1 amide bonds. The second kappa shape index (κ2) is 9.83. The van der Waals surface area contributed by atoms with Crippen molar-refractivity contribution in [1.82, 2.24) is 4.90 Å². The van der Waals surface area contributed by atoms with Gasteiger partial charge in [0.05, 0.1) is 4.88 Å². The number of benzene rings is 3. The molecule has 8 heteroatoms. The molecule has 6 nitrogen and oxygen atoms in total. The summed E-state index contributed by atoms with van der Waals surface area (Å²) >= 11 is 1.42. The lowest BCUT2D eigenvalue weighted by Gasteiger charge is -2.18. The van der Waals surface area contributed by atoms with E-state index in [0.717, 1.165) is 33.0 Å². The first-order valence-corrected chi connectivity index (χ1v) is 12.2. The van der Waals surface area contributed by atoms with Crippen LogP contribution in [0.3, 0.4) is 0 Å². The Hall–Kier alpha value is -4.17. The van der Waals surface area contributed by atoms with Crippen LogP contribution in [-0.4, -0.2) is 33.5 Å². The minimum atomic E-state index is -1.03. The first-order chi connectivity index (χ1) is 17.4. The number of carboxylic acid groups (broad SMARTS) is 1. The fourth-order valence-corrected chi connectivity index (χ4v) is 5.49. The summed E-state index contributed by atoms with van der Waals surface area (Å²) in [6.07, 6.45) is 3.84. The highest BCUT2D eigenvalue weighted by molar-refractivity contribution is 7.22. The Labute approximate surface area is 210 Å². The number of hydrogen-bond donors (Lipinski definition) is 2. The van der Waals surface area contributed by atoms with E-state index in [1.54, 1.807) is 53.4 Å². The average Bonchev–Trinajstić information content (AvgIpc) is 3.41. The lowest BCUT2D eigenvalue weighted by Crippen LogP contribution is -2.24. The lowest BCUT2D eigenvalue weighted by molar-refractivity contribution is -0.131. The van der Waals surface area contributed by atoms with Crippen LogP contribution in [0.4, 0.5) is 4.39 Å². The van der Waals surface area contributed by atoms with Crippen LogP contribution < -0.4 is 4.74 Å². The molecule has 0 spiro atoms. The van der Waals surface area contributed by atoms with Gasteiger partial charge in [0.15, 0.2) is 5.75 Å². The molecule has 0 aliphatic carbocycles. The molecule has 0 bridgehead atoms. The van der Waals surface area contributed by atoms with Crippen LogP contribution in [0.1, 0.15) is 24.0 Å². The van der Waals surface area contributed by atoms with E-state index in [1.165, 1.54) is 29.5 Å². The van der Waals surface area contributed by atoms with E-state index in [4.69, 9.17) is 9.84 Å². The number of carbonyl (C=O) groups excluding carboxylic acids is 1. The van der Waals surface area contributed by atoms with Gasteiger partial charge in [-0.15, -0.1) is 11.3 Å². The molecule has 1 aliphatic heterocycles. The Morgan fingerprint density at radius 3 is 2.64 bits per heavy atom. The first-order valence-electron chi connectivity index (χ1n) is 11.4. The molecule has 182 valence electrons. The van der Waals surface area contributed by atoms with E-state index in [-0.39, 0.29) is 17.5 Å². The SMILES string of the molecule is O=C(O)/C=C/c1ccc(Oc2c(-c3ccc(F)cc3CN3CCCC3=O)sc3cc(O)ccc23)cc1. The monoisotopic (exact) mass is 503 g/mol. The first kappa shape index (κ1) is 23.6. The van der Waals surface area contributed by atoms with Crippen LogP contribution >= 0.6 is 11.3 Å². The third-order valence-corrected chi connectivity index (χ3v) is 7.16. The third-order valence-electron chi connectivity index (χ3n) is 5.99. The van der Waals surface area contributed by atoms with Crippen LogP contribution in [-0.2, 0) is 16.1 Å². The number of amides is 1. The van der Waals surface area contributed by atoms with Crippen molar-refractivity contribution in [3.63, 3.8) is 0 Å². The van der Waals surface area contributed by atoms with Crippen molar-refractivity contribution in [2.45, 2.75) is 19.4 Å². The maximum absolute atomic E-state index is 14.3. The number of carboxylic acids is 1. The second-order valence-corrected chi connectivity index (χ2v) is 9.56. The number of aromatic hydroxyl groups is 1. The largest absolute Gasteiger partial charge is 0.508 e. The average molecular weight is 504 g/mol. The number of carbonyl (C=O) groups is 2. The van der Waals surface area contributed by atoms with Crippen molar-refractivity contribution in [2.24, 2.45) is 0 Å². The highest BCUT2D eigenvalue weighted by Gasteiger charge is 2.24. The Balaban J connectivity index is 1.57. The Kier molecular flexibility index (Phi) is 6.43. The molecule has 1 aromatic heterocycles. The predicted octanol–water partition coefficient (Wildman–Crippen LogP) is 6.43. The van der Waals surface area contributed by atoms with E-state index in [2.05, 4.69) is 0 Å². The number of rotatable bonds is 7. The number of ether oxygens (including phenoxy) is 1. The smallest absolute Gasteiger partial charge is 0.328 e. The number of halogens is 1. The van der Waals surface area contributed by atoms with Gasteiger partial charge in [-0.1, -0.05) is 18.2 Å². The number of fused-ring (bicyclic) bond motifs is 1. The zero-order valence-electron chi connectivity index (χ0n) is 19.1. The minimum Gasteiger partial charge on any atom is -0.508 e. The van der Waals surface area contributed by atoms with Gasteiger partial charge in [-0.05, 0) is 66.1 Å². The number of phenolic OH excluding ortho intramolecular Hbond substituents is 1. The van der Waals surface area contributed by atoms with Crippen LogP contribution in [0.5, 0.6) is 17.2 Å². The van der Waals surface area contributed by atoms with E-state index < -0.39 is 5.97 Å². The van der Waals surface area contributed by atoms with Gasteiger partial charge >= 0.3 is 5.97 Å². The molecule has 0 unspecified atom stereocenters. The molecular formula is C28H22FNO5S. The summed E-state index contributed by atoms with van der Waals surface area (Å²) in [6.45, 7) is 0.941. The molecule has 0 radical (unpaired) electrons. The molecule has 1 saturated heterocycles. The van der Waals surface area contributed by atoms with Gasteiger partial charge in [-0.2, -0.15) is 0 Å². The van der Waals surface area contributed by atoms with Gasteiger partial charge in [-0.25, -0.2) is 9.18 Å². The van der Waals surface area contributed by atoms with E-state index in [9.17, 15) is 19.1 Å². The lowest BCUT2D eigenvalue weighted by atomic mass is 10.0. The molecule has 2 N–H and O–H groups in total. The normalized spacial score (nSPS) is 13.7. The summed E-state index contributed by atoms with van der Waals surface area (Å²) in [5, 5.41) is 19.7. The van der Waals surface area contributed by atoms with Gasteiger partial charge < -0.3 is 19.8 Å². The quantitative estimate of drug-likeness (QED) is 0.284. The maximum atomic E-state index is 14.3. The summed E-state index contributed by atoms with van der Waals surface area (Å²) < 4.78 is 21.4. The number of likely N-dealkylation sites (tertiary alicyclic amines) is 1. The number of phenols is 1. The van der Waals surface area contributed by atoms with Crippen molar-refractivity contribution in [3.8, 4) is 27.7 Å². The van der Waals surface area contributed by atoms with Gasteiger partial charge in [0.2, 0.25) is 5.91 Å². The molecule has 36 heavy (non-hydrogen) atoms. The van der Waals surface area contributed by atoms with Crippen molar-refractivity contribution in [1.29, 1.82) is 0 Å². The van der Waals surface area contributed by atoms with Gasteiger partial charge in [0.1, 0.15) is 17.3 Å². The fourth-order valence-electron chi connectivity index (χ4n) is 4.26. The zero-order valence-corrected chi connectivity index (χ0v) is 19.9. The Bertz CT molecular complexity index is 1490. The third kappa shape index (κ3) is 4.94. The fraction of sp³-hybridized carbons (Fsp3) is 0.143. The highest BCUT2D eigenvalue weighted by atomic mass is 32.1. The molecule has 1 fully saturated rings. The van der Waals surface area contributed by atoms with Crippen molar-refractivity contribution in [2.75, 3.05) is 6.54 Å². The van der Waals surface area contributed by atoms with Gasteiger partial charge in [-0.3, -0.25) is 4.79 Å². The van der Waals surface area contributed by atoms with Crippen LogP contribution in [0.15, 0.2) is 66.7 Å². The number of thiophene rings is 1. The molecule has 2 heterocycles. The summed E-state index contributed by atoms with van der Waals surface area (Å²) in [5.41, 5.74) is 2.15. The van der Waals surface area contributed by atoms with Crippen LogP contribution in [0, 0.1) is 5.82 Å². The maximum Gasteiger partial charge on any atom is 0.328 e. The second-order valence-electron chi connectivity index (χ2n) is 8.50. The van der Waals surface area contributed by atoms with Crippen molar-refractivity contribution < 1.29 is 28.9 Å². The van der Waals surface area contributed by atoms with E-state index in [1.807, 2.05) is 0 Å².